The second-order valence-corrected chi connectivity index (χ2v) is 4.91. The Balaban J connectivity index is 1.81. The van der Waals surface area contributed by atoms with Gasteiger partial charge < -0.3 is 0 Å². The molecule has 0 bridgehead atoms. The Morgan fingerprint density at radius 1 is 0.810 bits per heavy atom. The third-order valence-electron chi connectivity index (χ3n) is 3.60. The van der Waals surface area contributed by atoms with E-state index in [0.29, 0.717) is 0 Å². The van der Waals surface area contributed by atoms with Gasteiger partial charge in [-0.2, -0.15) is 0 Å². The maximum Gasteiger partial charge on any atom is 0.113 e. The highest BCUT2D eigenvalue weighted by Crippen LogP contribution is 2.20. The molecule has 0 N–H and O–H groups in total. The van der Waals surface area contributed by atoms with E-state index in [2.05, 4.69) is 58.9 Å². The summed E-state index contributed by atoms with van der Waals surface area (Å²) in [6.07, 6.45) is 4.03. The molecular formula is C18H13N3. The minimum Gasteiger partial charge on any atom is -0.220 e. The number of para-hydroxylation sites is 1. The number of fused-ring (bicyclic) bond motifs is 2. The van der Waals surface area contributed by atoms with E-state index in [-0.39, 0.29) is 0 Å². The van der Waals surface area contributed by atoms with Crippen molar-refractivity contribution in [2.75, 3.05) is 0 Å². The summed E-state index contributed by atoms with van der Waals surface area (Å²) in [4.78, 5) is 0. The number of benzene rings is 3. The summed E-state index contributed by atoms with van der Waals surface area (Å²) in [5.41, 5.74) is 3.08. The third-order valence-corrected chi connectivity index (χ3v) is 3.60. The van der Waals surface area contributed by atoms with Crippen LogP contribution in [-0.2, 0) is 0 Å². The van der Waals surface area contributed by atoms with Crippen LogP contribution in [0.1, 0.15) is 5.56 Å². The minimum atomic E-state index is 0.903. The van der Waals surface area contributed by atoms with Crippen LogP contribution in [0.25, 0.3) is 34.1 Å². The number of rotatable bonds is 2. The van der Waals surface area contributed by atoms with Crippen molar-refractivity contribution in [2.45, 2.75) is 0 Å². The third kappa shape index (κ3) is 2.09. The Morgan fingerprint density at radius 3 is 2.62 bits per heavy atom. The highest BCUT2D eigenvalue weighted by Gasteiger charge is 2.00. The Labute approximate surface area is 122 Å². The molecule has 3 aromatic carbocycles. The molecule has 0 fully saturated rings. The van der Waals surface area contributed by atoms with Crippen LogP contribution in [0.4, 0.5) is 0 Å². The molecule has 100 valence electrons. The van der Waals surface area contributed by atoms with Gasteiger partial charge in [-0.3, -0.25) is 0 Å². The second-order valence-electron chi connectivity index (χ2n) is 4.91. The average molecular weight is 271 g/mol. The lowest BCUT2D eigenvalue weighted by atomic mass is 10.0. The molecule has 1 aromatic heterocycles. The van der Waals surface area contributed by atoms with Crippen LogP contribution in [0.5, 0.6) is 0 Å². The second kappa shape index (κ2) is 4.87. The van der Waals surface area contributed by atoms with E-state index in [0.717, 1.165) is 11.0 Å². The smallest absolute Gasteiger partial charge is 0.113 e. The van der Waals surface area contributed by atoms with Gasteiger partial charge in [-0.25, -0.2) is 4.68 Å². The summed E-state index contributed by atoms with van der Waals surface area (Å²) in [5, 5.41) is 10.8. The van der Waals surface area contributed by atoms with E-state index in [9.17, 15) is 0 Å². The fourth-order valence-corrected chi connectivity index (χ4v) is 2.54. The summed E-state index contributed by atoms with van der Waals surface area (Å²) >= 11 is 0. The molecule has 4 rings (SSSR count). The van der Waals surface area contributed by atoms with Gasteiger partial charge >= 0.3 is 0 Å². The van der Waals surface area contributed by atoms with Crippen molar-refractivity contribution in [1.82, 2.24) is 15.0 Å². The van der Waals surface area contributed by atoms with E-state index in [1.54, 1.807) is 4.68 Å². The van der Waals surface area contributed by atoms with Gasteiger partial charge in [0.25, 0.3) is 0 Å². The fourth-order valence-electron chi connectivity index (χ4n) is 2.54. The van der Waals surface area contributed by atoms with Crippen molar-refractivity contribution < 1.29 is 0 Å². The normalized spacial score (nSPS) is 11.6. The predicted octanol–water partition coefficient (Wildman–Crippen LogP) is 4.21. The van der Waals surface area contributed by atoms with Gasteiger partial charge in [-0.1, -0.05) is 59.8 Å². The Kier molecular flexibility index (Phi) is 2.75. The molecule has 4 aromatic rings. The quantitative estimate of drug-likeness (QED) is 0.546. The molecule has 0 atom stereocenters. The first-order valence-corrected chi connectivity index (χ1v) is 6.88. The zero-order chi connectivity index (χ0) is 14.1. The Bertz CT molecular complexity index is 945. The summed E-state index contributed by atoms with van der Waals surface area (Å²) < 4.78 is 1.80. The van der Waals surface area contributed by atoms with E-state index in [4.69, 9.17) is 0 Å². The molecule has 3 heteroatoms. The van der Waals surface area contributed by atoms with Crippen LogP contribution in [0, 0.1) is 0 Å². The molecule has 0 saturated heterocycles. The molecule has 0 aliphatic rings. The van der Waals surface area contributed by atoms with Gasteiger partial charge in [-0.05, 0) is 34.5 Å². The fraction of sp³-hybridized carbons (Fsp3) is 0. The van der Waals surface area contributed by atoms with Crippen LogP contribution in [0.3, 0.4) is 0 Å². The lowest BCUT2D eigenvalue weighted by Crippen LogP contribution is -1.88. The van der Waals surface area contributed by atoms with E-state index >= 15 is 0 Å². The van der Waals surface area contributed by atoms with Crippen molar-refractivity contribution in [1.29, 1.82) is 0 Å². The van der Waals surface area contributed by atoms with Crippen LogP contribution in [0.2, 0.25) is 0 Å². The summed E-state index contributed by atoms with van der Waals surface area (Å²) in [6.45, 7) is 0. The first-order valence-electron chi connectivity index (χ1n) is 6.88. The highest BCUT2D eigenvalue weighted by molar-refractivity contribution is 5.92. The van der Waals surface area contributed by atoms with Crippen molar-refractivity contribution in [3.05, 3.63) is 72.3 Å². The largest absolute Gasteiger partial charge is 0.220 e. The number of hydrogen-bond acceptors (Lipinski definition) is 2. The number of hydrogen-bond donors (Lipinski definition) is 0. The average Bonchev–Trinajstić information content (AvgIpc) is 2.96. The van der Waals surface area contributed by atoms with Crippen molar-refractivity contribution in [3.63, 3.8) is 0 Å². The standard InChI is InChI=1S/C18H13N3/c1-2-9-16-14(6-1)7-5-8-15(16)12-13-21-18-11-4-3-10-17(18)19-20-21/h1-13H/b13-12+. The zero-order valence-electron chi connectivity index (χ0n) is 11.3. The molecule has 0 aliphatic carbocycles. The molecule has 0 saturated carbocycles. The maximum absolute atomic E-state index is 4.17. The van der Waals surface area contributed by atoms with Gasteiger partial charge in [0.1, 0.15) is 5.52 Å². The van der Waals surface area contributed by atoms with Crippen LogP contribution < -0.4 is 0 Å². The van der Waals surface area contributed by atoms with E-state index < -0.39 is 0 Å². The number of nitrogens with zero attached hydrogens (tertiary/aromatic N) is 3. The lowest BCUT2D eigenvalue weighted by Gasteiger charge is -2.01. The van der Waals surface area contributed by atoms with Gasteiger partial charge in [0.15, 0.2) is 0 Å². The SMILES string of the molecule is C(=C\n1nnc2ccccc21)/c1cccc2ccccc12. The molecule has 0 amide bonds. The molecule has 0 radical (unpaired) electrons. The summed E-state index contributed by atoms with van der Waals surface area (Å²) in [5.74, 6) is 0. The van der Waals surface area contributed by atoms with Gasteiger partial charge in [0, 0.05) is 6.20 Å². The first kappa shape index (κ1) is 11.9. The maximum atomic E-state index is 4.17. The summed E-state index contributed by atoms with van der Waals surface area (Å²) in [6, 6.07) is 22.6. The van der Waals surface area contributed by atoms with Crippen LogP contribution >= 0.6 is 0 Å². The van der Waals surface area contributed by atoms with Crippen LogP contribution in [-0.4, -0.2) is 15.0 Å². The Morgan fingerprint density at radius 2 is 1.62 bits per heavy atom. The van der Waals surface area contributed by atoms with Gasteiger partial charge in [-0.15, -0.1) is 5.10 Å². The minimum absolute atomic E-state index is 0.903. The molecule has 0 unspecified atom stereocenters. The van der Waals surface area contributed by atoms with Crippen molar-refractivity contribution in [3.8, 4) is 0 Å². The monoisotopic (exact) mass is 271 g/mol. The predicted molar refractivity (Wildman–Crippen MR) is 86.7 cm³/mol. The van der Waals surface area contributed by atoms with Crippen LogP contribution in [0.15, 0.2) is 66.7 Å². The summed E-state index contributed by atoms with van der Waals surface area (Å²) in [7, 11) is 0. The zero-order valence-corrected chi connectivity index (χ0v) is 11.3. The number of aromatic nitrogens is 3. The van der Waals surface area contributed by atoms with Gasteiger partial charge in [0.05, 0.1) is 5.52 Å². The molecule has 1 heterocycles. The Hall–Kier alpha value is -2.94. The molecule has 0 aliphatic heterocycles. The molecular weight excluding hydrogens is 258 g/mol. The topological polar surface area (TPSA) is 30.7 Å². The van der Waals surface area contributed by atoms with Crippen molar-refractivity contribution in [2.24, 2.45) is 0 Å². The van der Waals surface area contributed by atoms with Gasteiger partial charge in [0.2, 0.25) is 0 Å². The van der Waals surface area contributed by atoms with Crippen molar-refractivity contribution >= 4 is 34.1 Å². The highest BCUT2D eigenvalue weighted by atomic mass is 15.4. The molecule has 21 heavy (non-hydrogen) atoms. The molecule has 3 nitrogen and oxygen atoms in total. The molecule has 0 spiro atoms. The van der Waals surface area contributed by atoms with E-state index in [1.165, 1.54) is 16.3 Å². The lowest BCUT2D eigenvalue weighted by molar-refractivity contribution is 0.863. The first-order chi connectivity index (χ1) is 10.4. The van der Waals surface area contributed by atoms with E-state index in [1.807, 2.05) is 30.5 Å².